The standard InChI is InChI=1S/C44H48N4O5/c1-32-41(30-48-26-24-47(25-27-48)29-34-8-4-2-5-9-34)52-43(53-42(32)36-16-14-35(31-49)15-17-36)37-18-12-33(13-19-37)28-45-44(50)46-38-20-22-40(23-21-38)51-39-10-6-3-7-11-39/h2-23,32,41-43,49H,24-31H2,1H3,(H2,45,46,50)/t32-,41+,42+,43+/m0/s1. The Morgan fingerprint density at radius 2 is 1.30 bits per heavy atom. The third kappa shape index (κ3) is 9.90. The number of rotatable bonds is 12. The summed E-state index contributed by atoms with van der Waals surface area (Å²) in [4.78, 5) is 17.7. The Morgan fingerprint density at radius 1 is 0.698 bits per heavy atom. The van der Waals surface area contributed by atoms with Gasteiger partial charge in [0.1, 0.15) is 11.5 Å². The first-order valence-electron chi connectivity index (χ1n) is 18.4. The fourth-order valence-corrected chi connectivity index (χ4v) is 6.94. The summed E-state index contributed by atoms with van der Waals surface area (Å²) in [6.07, 6.45) is -0.756. The van der Waals surface area contributed by atoms with Crippen LogP contribution in [-0.4, -0.2) is 59.8 Å². The number of carbonyl (C=O) groups is 1. The number of carbonyl (C=O) groups excluding carboxylic acids is 1. The highest BCUT2D eigenvalue weighted by Gasteiger charge is 2.39. The van der Waals surface area contributed by atoms with E-state index in [1.54, 1.807) is 0 Å². The molecule has 0 aromatic heterocycles. The van der Waals surface area contributed by atoms with Crippen LogP contribution in [0.25, 0.3) is 0 Å². The van der Waals surface area contributed by atoms with Gasteiger partial charge < -0.3 is 30.0 Å². The second-order valence-electron chi connectivity index (χ2n) is 13.9. The molecule has 2 amide bonds. The largest absolute Gasteiger partial charge is 0.457 e. The van der Waals surface area contributed by atoms with Gasteiger partial charge in [0.15, 0.2) is 6.29 Å². The van der Waals surface area contributed by atoms with Crippen LogP contribution in [0.1, 0.15) is 47.1 Å². The molecular formula is C44H48N4O5. The van der Waals surface area contributed by atoms with Gasteiger partial charge in [-0.05, 0) is 58.7 Å². The number of anilines is 1. The molecule has 9 heteroatoms. The van der Waals surface area contributed by atoms with Crippen molar-refractivity contribution in [3.05, 3.63) is 161 Å². The number of urea groups is 1. The number of nitrogens with zero attached hydrogens (tertiary/aromatic N) is 2. The van der Waals surface area contributed by atoms with Crippen LogP contribution in [-0.2, 0) is 29.2 Å². The number of aliphatic hydroxyl groups is 1. The average molecular weight is 713 g/mol. The first-order chi connectivity index (χ1) is 26.0. The van der Waals surface area contributed by atoms with Gasteiger partial charge in [0, 0.05) is 63.0 Å². The summed E-state index contributed by atoms with van der Waals surface area (Å²) < 4.78 is 19.3. The molecule has 2 saturated heterocycles. The molecule has 0 unspecified atom stereocenters. The van der Waals surface area contributed by atoms with Gasteiger partial charge in [-0.3, -0.25) is 9.80 Å². The lowest BCUT2D eigenvalue weighted by Crippen LogP contribution is -2.51. The molecule has 3 N–H and O–H groups in total. The van der Waals surface area contributed by atoms with Gasteiger partial charge in [0.2, 0.25) is 0 Å². The molecule has 2 heterocycles. The quantitative estimate of drug-likeness (QED) is 0.121. The number of benzene rings is 5. The van der Waals surface area contributed by atoms with E-state index in [0.29, 0.717) is 18.0 Å². The highest BCUT2D eigenvalue weighted by atomic mass is 16.7. The maximum atomic E-state index is 12.7. The molecule has 2 aliphatic rings. The van der Waals surface area contributed by atoms with Gasteiger partial charge in [0.25, 0.3) is 0 Å². The van der Waals surface area contributed by atoms with E-state index >= 15 is 0 Å². The van der Waals surface area contributed by atoms with Crippen molar-refractivity contribution < 1.29 is 24.1 Å². The lowest BCUT2D eigenvalue weighted by Gasteiger charge is -2.44. The molecule has 5 aromatic carbocycles. The van der Waals surface area contributed by atoms with E-state index < -0.39 is 6.29 Å². The molecule has 0 radical (unpaired) electrons. The minimum atomic E-state index is -0.544. The normalized spacial score (nSPS) is 20.8. The maximum Gasteiger partial charge on any atom is 0.319 e. The number of piperazine rings is 1. The lowest BCUT2D eigenvalue weighted by molar-refractivity contribution is -0.276. The third-order valence-corrected chi connectivity index (χ3v) is 10.1. The number of aliphatic hydroxyl groups excluding tert-OH is 1. The van der Waals surface area contributed by atoms with E-state index in [1.165, 1.54) is 5.56 Å². The molecule has 4 atom stereocenters. The number of para-hydroxylation sites is 1. The van der Waals surface area contributed by atoms with Crippen molar-refractivity contribution in [1.82, 2.24) is 15.1 Å². The van der Waals surface area contributed by atoms with Gasteiger partial charge in [-0.1, -0.05) is 104 Å². The monoisotopic (exact) mass is 712 g/mol. The van der Waals surface area contributed by atoms with E-state index in [-0.39, 0.29) is 30.8 Å². The highest BCUT2D eigenvalue weighted by Crippen LogP contribution is 2.42. The zero-order valence-electron chi connectivity index (χ0n) is 30.1. The number of nitrogens with one attached hydrogen (secondary N) is 2. The molecule has 7 rings (SSSR count). The second-order valence-corrected chi connectivity index (χ2v) is 13.9. The molecule has 0 saturated carbocycles. The Kier molecular flexibility index (Phi) is 12.1. The van der Waals surface area contributed by atoms with Gasteiger partial charge in [-0.25, -0.2) is 4.79 Å². The minimum absolute atomic E-state index is 0.00650. The molecule has 2 aliphatic heterocycles. The van der Waals surface area contributed by atoms with Crippen molar-refractivity contribution in [3.63, 3.8) is 0 Å². The number of hydrogen-bond acceptors (Lipinski definition) is 7. The van der Waals surface area contributed by atoms with Crippen LogP contribution in [0.15, 0.2) is 133 Å². The van der Waals surface area contributed by atoms with E-state index in [2.05, 4.69) is 69.8 Å². The third-order valence-electron chi connectivity index (χ3n) is 10.1. The fourth-order valence-electron chi connectivity index (χ4n) is 6.94. The minimum Gasteiger partial charge on any atom is -0.457 e. The summed E-state index contributed by atoms with van der Waals surface area (Å²) in [6.45, 7) is 8.40. The van der Waals surface area contributed by atoms with Crippen molar-refractivity contribution in [3.8, 4) is 11.5 Å². The van der Waals surface area contributed by atoms with Crippen molar-refractivity contribution in [1.29, 1.82) is 0 Å². The molecule has 5 aromatic rings. The predicted octanol–water partition coefficient (Wildman–Crippen LogP) is 7.90. The number of hydrogen-bond donors (Lipinski definition) is 3. The zero-order chi connectivity index (χ0) is 36.4. The summed E-state index contributed by atoms with van der Waals surface area (Å²) in [5, 5.41) is 15.5. The summed E-state index contributed by atoms with van der Waals surface area (Å²) in [7, 11) is 0. The lowest BCUT2D eigenvalue weighted by atomic mass is 9.90. The summed E-state index contributed by atoms with van der Waals surface area (Å²) in [5.41, 5.74) is 5.85. The van der Waals surface area contributed by atoms with Crippen LogP contribution in [0.5, 0.6) is 11.5 Å². The molecule has 9 nitrogen and oxygen atoms in total. The van der Waals surface area contributed by atoms with Crippen molar-refractivity contribution in [2.45, 2.75) is 45.1 Å². The van der Waals surface area contributed by atoms with Crippen molar-refractivity contribution >= 4 is 11.7 Å². The first-order valence-corrected chi connectivity index (χ1v) is 18.4. The number of ether oxygens (including phenoxy) is 3. The first kappa shape index (κ1) is 36.3. The smallest absolute Gasteiger partial charge is 0.319 e. The Labute approximate surface area is 312 Å². The van der Waals surface area contributed by atoms with Crippen LogP contribution >= 0.6 is 0 Å². The van der Waals surface area contributed by atoms with Crippen LogP contribution in [0, 0.1) is 5.92 Å². The molecule has 2 fully saturated rings. The average Bonchev–Trinajstić information content (AvgIpc) is 3.20. The van der Waals surface area contributed by atoms with Crippen molar-refractivity contribution in [2.75, 3.05) is 38.0 Å². The Morgan fingerprint density at radius 3 is 1.98 bits per heavy atom. The van der Waals surface area contributed by atoms with E-state index in [0.717, 1.165) is 67.3 Å². The van der Waals surface area contributed by atoms with Gasteiger partial charge in [-0.15, -0.1) is 0 Å². The van der Waals surface area contributed by atoms with Crippen LogP contribution in [0.2, 0.25) is 0 Å². The molecule has 0 spiro atoms. The van der Waals surface area contributed by atoms with Crippen LogP contribution < -0.4 is 15.4 Å². The van der Waals surface area contributed by atoms with E-state index in [4.69, 9.17) is 14.2 Å². The fraction of sp³-hybridized carbons (Fsp3) is 0.295. The van der Waals surface area contributed by atoms with E-state index in [1.807, 2.05) is 91.0 Å². The molecule has 0 bridgehead atoms. The summed E-state index contributed by atoms with van der Waals surface area (Å²) in [5.74, 6) is 1.56. The number of amides is 2. The molecule has 274 valence electrons. The highest BCUT2D eigenvalue weighted by molar-refractivity contribution is 5.89. The SMILES string of the molecule is C[C@H]1[C@@H](CN2CCN(Cc3ccccc3)CC2)O[C@@H](c2ccc(CNC(=O)Nc3ccc(Oc4ccccc4)cc3)cc2)O[C@H]1c1ccc(CO)cc1. The maximum absolute atomic E-state index is 12.7. The molecule has 53 heavy (non-hydrogen) atoms. The molecular weight excluding hydrogens is 665 g/mol. The van der Waals surface area contributed by atoms with Crippen LogP contribution in [0.3, 0.4) is 0 Å². The second kappa shape index (κ2) is 17.7. The predicted molar refractivity (Wildman–Crippen MR) is 206 cm³/mol. The Hall–Kier alpha value is -5.03. The van der Waals surface area contributed by atoms with Gasteiger partial charge >= 0.3 is 6.03 Å². The summed E-state index contributed by atoms with van der Waals surface area (Å²) >= 11 is 0. The molecule has 0 aliphatic carbocycles. The van der Waals surface area contributed by atoms with Gasteiger partial charge in [-0.2, -0.15) is 0 Å². The Bertz CT molecular complexity index is 1870. The van der Waals surface area contributed by atoms with E-state index in [9.17, 15) is 9.90 Å². The van der Waals surface area contributed by atoms with Gasteiger partial charge in [0.05, 0.1) is 18.8 Å². The zero-order valence-corrected chi connectivity index (χ0v) is 30.1. The Balaban J connectivity index is 0.953. The topological polar surface area (TPSA) is 95.5 Å². The van der Waals surface area contributed by atoms with Crippen LogP contribution in [0.4, 0.5) is 10.5 Å². The summed E-state index contributed by atoms with van der Waals surface area (Å²) in [6, 6.07) is 43.3. The van der Waals surface area contributed by atoms with Crippen molar-refractivity contribution in [2.24, 2.45) is 5.92 Å².